The van der Waals surface area contributed by atoms with Gasteiger partial charge in [-0.25, -0.2) is 0 Å². The smallest absolute Gasteiger partial charge is 0.0128 e. The molecule has 0 aliphatic heterocycles. The van der Waals surface area contributed by atoms with Gasteiger partial charge in [0.15, 0.2) is 0 Å². The second-order valence-electron chi connectivity index (χ2n) is 3.78. The fourth-order valence-corrected chi connectivity index (χ4v) is 8.00. The van der Waals surface area contributed by atoms with Crippen molar-refractivity contribution < 1.29 is 0 Å². The molecule has 0 bridgehead atoms. The number of rotatable bonds is 11. The molecule has 0 rings (SSSR count). The van der Waals surface area contributed by atoms with Gasteiger partial charge in [0.05, 0.1) is 0 Å². The molecule has 0 amide bonds. The fraction of sp³-hybridized carbons (Fsp3) is 0.429. The molecule has 96 valence electrons. The zero-order valence-corrected chi connectivity index (χ0v) is 12.5. The monoisotopic (exact) mass is 269 g/mol. The minimum absolute atomic E-state index is 0.115. The molecule has 0 heterocycles. The highest BCUT2D eigenvalue weighted by atomic mass is 31.2. The van der Waals surface area contributed by atoms with Crippen molar-refractivity contribution in [2.75, 3.05) is 31.2 Å². The van der Waals surface area contributed by atoms with E-state index in [1.807, 2.05) is 24.3 Å². The lowest BCUT2D eigenvalue weighted by molar-refractivity contribution is 1.07. The Hall–Kier alpha value is -0.220. The normalized spacial score (nSPS) is 10.8. The van der Waals surface area contributed by atoms with Crippen LogP contribution in [0.1, 0.15) is 0 Å². The molecular formula is C14H25NP2. The van der Waals surface area contributed by atoms with Gasteiger partial charge < -0.3 is 5.73 Å². The minimum Gasteiger partial charge on any atom is -0.329 e. The van der Waals surface area contributed by atoms with Crippen LogP contribution in [0.25, 0.3) is 0 Å². The van der Waals surface area contributed by atoms with Crippen LogP contribution in [0.2, 0.25) is 0 Å². The Bertz CT molecular complexity index is 207. The van der Waals surface area contributed by atoms with Crippen LogP contribution in [0.3, 0.4) is 0 Å². The SMILES string of the molecule is C=CCP(CC=C)C(CN)P(CC=C)CC=C. The molecule has 0 aromatic carbocycles. The zero-order chi connectivity index (χ0) is 13.1. The Balaban J connectivity index is 4.77. The van der Waals surface area contributed by atoms with Crippen LogP contribution in [0.15, 0.2) is 50.6 Å². The molecule has 0 spiro atoms. The molecule has 0 saturated carbocycles. The summed E-state index contributed by atoms with van der Waals surface area (Å²) in [5, 5.41) is 0.618. The van der Waals surface area contributed by atoms with E-state index in [1.54, 1.807) is 0 Å². The zero-order valence-electron chi connectivity index (χ0n) is 10.7. The van der Waals surface area contributed by atoms with Crippen LogP contribution < -0.4 is 5.73 Å². The van der Waals surface area contributed by atoms with E-state index in [9.17, 15) is 0 Å². The largest absolute Gasteiger partial charge is 0.329 e. The first-order chi connectivity index (χ1) is 8.24. The number of hydrogen-bond acceptors (Lipinski definition) is 1. The molecular weight excluding hydrogens is 244 g/mol. The molecule has 0 atom stereocenters. The van der Waals surface area contributed by atoms with E-state index in [4.69, 9.17) is 5.73 Å². The van der Waals surface area contributed by atoms with Crippen molar-refractivity contribution in [3.05, 3.63) is 50.6 Å². The van der Waals surface area contributed by atoms with Gasteiger partial charge in [0.2, 0.25) is 0 Å². The molecule has 0 saturated heterocycles. The quantitative estimate of drug-likeness (QED) is 0.445. The summed E-state index contributed by atoms with van der Waals surface area (Å²) < 4.78 is 0. The predicted molar refractivity (Wildman–Crippen MR) is 86.9 cm³/mol. The highest BCUT2D eigenvalue weighted by Gasteiger charge is 2.24. The van der Waals surface area contributed by atoms with Gasteiger partial charge in [0.1, 0.15) is 0 Å². The summed E-state index contributed by atoms with van der Waals surface area (Å²) in [6.07, 6.45) is 12.4. The van der Waals surface area contributed by atoms with Crippen LogP contribution in [-0.2, 0) is 0 Å². The lowest BCUT2D eigenvalue weighted by Gasteiger charge is -2.32. The van der Waals surface area contributed by atoms with Crippen molar-refractivity contribution in [1.29, 1.82) is 0 Å². The van der Waals surface area contributed by atoms with Crippen LogP contribution in [0.4, 0.5) is 0 Å². The first kappa shape index (κ1) is 16.8. The summed E-state index contributed by atoms with van der Waals surface area (Å²) in [7, 11) is -0.229. The third-order valence-electron chi connectivity index (χ3n) is 2.51. The molecule has 0 radical (unpaired) electrons. The fourth-order valence-electron chi connectivity index (χ4n) is 1.83. The Morgan fingerprint density at radius 1 is 0.765 bits per heavy atom. The molecule has 0 aliphatic rings. The van der Waals surface area contributed by atoms with E-state index < -0.39 is 0 Å². The van der Waals surface area contributed by atoms with Crippen molar-refractivity contribution >= 4 is 15.8 Å². The Morgan fingerprint density at radius 2 is 1.06 bits per heavy atom. The first-order valence-corrected chi connectivity index (χ1v) is 9.43. The summed E-state index contributed by atoms with van der Waals surface area (Å²) >= 11 is 0. The number of allylic oxidation sites excluding steroid dienone is 4. The highest BCUT2D eigenvalue weighted by molar-refractivity contribution is 7.76. The van der Waals surface area contributed by atoms with Crippen molar-refractivity contribution in [2.24, 2.45) is 5.73 Å². The van der Waals surface area contributed by atoms with E-state index in [-0.39, 0.29) is 15.8 Å². The van der Waals surface area contributed by atoms with Gasteiger partial charge in [-0.05, 0) is 24.6 Å². The molecule has 3 heteroatoms. The summed E-state index contributed by atoms with van der Waals surface area (Å²) in [5.74, 6) is 0. The van der Waals surface area contributed by atoms with Crippen molar-refractivity contribution in [1.82, 2.24) is 0 Å². The van der Waals surface area contributed by atoms with Crippen LogP contribution in [0.5, 0.6) is 0 Å². The second-order valence-corrected chi connectivity index (χ2v) is 9.25. The molecule has 2 N–H and O–H groups in total. The maximum Gasteiger partial charge on any atom is 0.0128 e. The van der Waals surface area contributed by atoms with Gasteiger partial charge in [-0.1, -0.05) is 40.1 Å². The summed E-state index contributed by atoms with van der Waals surface area (Å²) in [6.45, 7) is 16.2. The summed E-state index contributed by atoms with van der Waals surface area (Å²) in [6, 6.07) is 0. The van der Waals surface area contributed by atoms with E-state index >= 15 is 0 Å². The number of hydrogen-bond donors (Lipinski definition) is 1. The highest BCUT2D eigenvalue weighted by Crippen LogP contribution is 2.57. The van der Waals surface area contributed by atoms with Gasteiger partial charge in [-0.2, -0.15) is 0 Å². The molecule has 17 heavy (non-hydrogen) atoms. The van der Waals surface area contributed by atoms with Gasteiger partial charge in [-0.3, -0.25) is 0 Å². The first-order valence-electron chi connectivity index (χ1n) is 5.86. The van der Waals surface area contributed by atoms with Gasteiger partial charge >= 0.3 is 0 Å². The minimum atomic E-state index is -0.115. The molecule has 0 aromatic rings. The van der Waals surface area contributed by atoms with Crippen molar-refractivity contribution in [3.8, 4) is 0 Å². The maximum absolute atomic E-state index is 5.99. The predicted octanol–water partition coefficient (Wildman–Crippen LogP) is 3.98. The second kappa shape index (κ2) is 10.9. The lowest BCUT2D eigenvalue weighted by atomic mass is 10.7. The van der Waals surface area contributed by atoms with Crippen molar-refractivity contribution in [3.63, 3.8) is 0 Å². The Labute approximate surface area is 109 Å². The average Bonchev–Trinajstić information content (AvgIpc) is 2.31. The van der Waals surface area contributed by atoms with E-state index in [1.165, 1.54) is 0 Å². The van der Waals surface area contributed by atoms with Gasteiger partial charge in [0.25, 0.3) is 0 Å². The Kier molecular flexibility index (Phi) is 10.8. The molecule has 1 nitrogen and oxygen atoms in total. The summed E-state index contributed by atoms with van der Waals surface area (Å²) in [4.78, 5) is 0. The average molecular weight is 269 g/mol. The molecule has 0 aromatic heterocycles. The number of nitrogens with two attached hydrogens (primary N) is 1. The third-order valence-corrected chi connectivity index (χ3v) is 9.48. The molecule has 0 aliphatic carbocycles. The van der Waals surface area contributed by atoms with Crippen molar-refractivity contribution in [2.45, 2.75) is 5.40 Å². The lowest BCUT2D eigenvalue weighted by Crippen LogP contribution is -2.20. The Morgan fingerprint density at radius 3 is 1.24 bits per heavy atom. The van der Waals surface area contributed by atoms with Crippen LogP contribution >= 0.6 is 15.8 Å². The van der Waals surface area contributed by atoms with E-state index in [2.05, 4.69) is 26.3 Å². The van der Waals surface area contributed by atoms with E-state index in [0.717, 1.165) is 31.2 Å². The van der Waals surface area contributed by atoms with Crippen LogP contribution in [0, 0.1) is 0 Å². The van der Waals surface area contributed by atoms with Crippen LogP contribution in [-0.4, -0.2) is 36.6 Å². The third kappa shape index (κ3) is 6.32. The van der Waals surface area contributed by atoms with Gasteiger partial charge in [-0.15, -0.1) is 26.3 Å². The molecule has 0 unspecified atom stereocenters. The summed E-state index contributed by atoms with van der Waals surface area (Å²) in [5.41, 5.74) is 5.99. The maximum atomic E-state index is 5.99. The van der Waals surface area contributed by atoms with Gasteiger partial charge in [0, 0.05) is 11.9 Å². The topological polar surface area (TPSA) is 26.0 Å². The standard InChI is InChI=1S/C14H25NP2/c1-5-9-16(10-6-2)14(13-15)17(11-7-3)12-8-4/h5-8,14H,1-4,9-13,15H2. The molecule has 0 fully saturated rings. The van der Waals surface area contributed by atoms with E-state index in [0.29, 0.717) is 5.40 Å².